The molecule has 9 nitrogen and oxygen atoms in total. The van der Waals surface area contributed by atoms with Gasteiger partial charge >= 0.3 is 5.97 Å². The molecule has 39 heavy (non-hydrogen) atoms. The highest BCUT2D eigenvalue weighted by molar-refractivity contribution is 5.80. The molecule has 0 bridgehead atoms. The molecule has 2 heterocycles. The van der Waals surface area contributed by atoms with Gasteiger partial charge in [0.05, 0.1) is 12.5 Å². The maximum atomic E-state index is 11.5. The van der Waals surface area contributed by atoms with E-state index in [9.17, 15) is 9.90 Å². The molecule has 0 amide bonds. The number of benzene rings is 2. The number of H-pyrrole nitrogens is 1. The van der Waals surface area contributed by atoms with Gasteiger partial charge in [-0.1, -0.05) is 69.3 Å². The number of nitrogens with zero attached hydrogens (tertiary/aromatic N) is 6. The molecule has 204 valence electrons. The first kappa shape index (κ1) is 26.7. The van der Waals surface area contributed by atoms with Crippen LogP contribution < -0.4 is 0 Å². The summed E-state index contributed by atoms with van der Waals surface area (Å²) in [6, 6.07) is 16.6. The normalized spacial score (nSPS) is 18.4. The van der Waals surface area contributed by atoms with E-state index in [1.165, 1.54) is 0 Å². The molecular formula is C30H37N7O2. The number of aliphatic carboxylic acids is 1. The van der Waals surface area contributed by atoms with Crippen LogP contribution in [-0.4, -0.2) is 46.5 Å². The van der Waals surface area contributed by atoms with E-state index in [0.29, 0.717) is 24.2 Å². The van der Waals surface area contributed by atoms with E-state index in [1.807, 2.05) is 25.1 Å². The maximum Gasteiger partial charge on any atom is 0.306 e. The van der Waals surface area contributed by atoms with E-state index in [-0.39, 0.29) is 11.8 Å². The molecule has 1 aliphatic carbocycles. The standard InChI is InChI=1S/C30H37N7O2/c1-19(2)8-17-27-31-29(24-15-13-22(14-16-24)20(3)30(38)39)37(34-27)18-21-9-11-23(12-10-21)25-6-4-5-7-26(25)28-32-35-36-33-28/h4-7,9-12,19-20,22,24H,8,13-18H2,1-3H3,(H,38,39)(H,32,33,35,36). The summed E-state index contributed by atoms with van der Waals surface area (Å²) in [5.74, 6) is 2.67. The molecule has 9 heteroatoms. The van der Waals surface area contributed by atoms with Gasteiger partial charge in [-0.25, -0.2) is 9.67 Å². The zero-order chi connectivity index (χ0) is 27.4. The number of carbonyl (C=O) groups is 1. The number of carboxylic acids is 1. The second kappa shape index (κ2) is 11.9. The number of aryl methyl sites for hydroxylation is 1. The topological polar surface area (TPSA) is 122 Å². The Labute approximate surface area is 229 Å². The summed E-state index contributed by atoms with van der Waals surface area (Å²) in [6.45, 7) is 6.94. The quantitative estimate of drug-likeness (QED) is 0.269. The first-order chi connectivity index (χ1) is 18.9. The van der Waals surface area contributed by atoms with Gasteiger partial charge < -0.3 is 5.11 Å². The molecule has 1 fully saturated rings. The van der Waals surface area contributed by atoms with Crippen LogP contribution in [0.4, 0.5) is 0 Å². The van der Waals surface area contributed by atoms with Crippen LogP contribution in [0.2, 0.25) is 0 Å². The van der Waals surface area contributed by atoms with Crippen molar-refractivity contribution in [3.63, 3.8) is 0 Å². The third-order valence-corrected chi connectivity index (χ3v) is 8.03. The fourth-order valence-corrected chi connectivity index (χ4v) is 5.59. The number of carboxylic acid groups (broad SMARTS) is 1. The summed E-state index contributed by atoms with van der Waals surface area (Å²) in [6.07, 6.45) is 5.67. The van der Waals surface area contributed by atoms with Crippen molar-refractivity contribution in [1.82, 2.24) is 35.4 Å². The second-order valence-electron chi connectivity index (χ2n) is 11.2. The predicted molar refractivity (Wildman–Crippen MR) is 149 cm³/mol. The van der Waals surface area contributed by atoms with Gasteiger partial charge in [0.15, 0.2) is 5.82 Å². The van der Waals surface area contributed by atoms with Crippen molar-refractivity contribution >= 4 is 5.97 Å². The molecular weight excluding hydrogens is 490 g/mol. The van der Waals surface area contributed by atoms with Crippen molar-refractivity contribution < 1.29 is 9.90 Å². The van der Waals surface area contributed by atoms with Gasteiger partial charge in [0.1, 0.15) is 5.82 Å². The van der Waals surface area contributed by atoms with Gasteiger partial charge in [-0.3, -0.25) is 4.79 Å². The lowest BCUT2D eigenvalue weighted by Gasteiger charge is -2.30. The van der Waals surface area contributed by atoms with Crippen molar-refractivity contribution in [3.8, 4) is 22.5 Å². The van der Waals surface area contributed by atoms with Crippen LogP contribution in [0.3, 0.4) is 0 Å². The maximum absolute atomic E-state index is 11.5. The number of rotatable bonds is 10. The first-order valence-electron chi connectivity index (χ1n) is 14.0. The van der Waals surface area contributed by atoms with Crippen molar-refractivity contribution in [2.75, 3.05) is 0 Å². The zero-order valence-corrected chi connectivity index (χ0v) is 22.9. The molecule has 5 rings (SSSR count). The fourth-order valence-electron chi connectivity index (χ4n) is 5.59. The van der Waals surface area contributed by atoms with Gasteiger partial charge in [0.25, 0.3) is 0 Å². The molecule has 0 saturated heterocycles. The fraction of sp³-hybridized carbons (Fsp3) is 0.467. The minimum absolute atomic E-state index is 0.235. The minimum Gasteiger partial charge on any atom is -0.481 e. The molecule has 0 radical (unpaired) electrons. The highest BCUT2D eigenvalue weighted by Gasteiger charge is 2.31. The molecule has 2 aromatic carbocycles. The largest absolute Gasteiger partial charge is 0.481 e. The molecule has 2 aromatic heterocycles. The van der Waals surface area contributed by atoms with Crippen molar-refractivity contribution in [3.05, 3.63) is 65.7 Å². The molecule has 4 aromatic rings. The van der Waals surface area contributed by atoms with Crippen molar-refractivity contribution in [2.24, 2.45) is 17.8 Å². The Morgan fingerprint density at radius 1 is 1.03 bits per heavy atom. The van der Waals surface area contributed by atoms with Crippen LogP contribution >= 0.6 is 0 Å². The lowest BCUT2D eigenvalue weighted by atomic mass is 9.76. The van der Waals surface area contributed by atoms with Gasteiger partial charge in [0, 0.05) is 17.9 Å². The third-order valence-electron chi connectivity index (χ3n) is 8.03. The summed E-state index contributed by atoms with van der Waals surface area (Å²) in [5, 5.41) is 29.0. The van der Waals surface area contributed by atoms with Gasteiger partial charge in [-0.15, -0.1) is 10.2 Å². The Balaban J connectivity index is 1.35. The van der Waals surface area contributed by atoms with Crippen molar-refractivity contribution in [1.29, 1.82) is 0 Å². The number of nitrogens with one attached hydrogen (secondary N) is 1. The van der Waals surface area contributed by atoms with Crippen LogP contribution in [0.25, 0.3) is 22.5 Å². The average Bonchev–Trinajstić information content (AvgIpc) is 3.63. The van der Waals surface area contributed by atoms with E-state index in [1.54, 1.807) is 0 Å². The molecule has 1 unspecified atom stereocenters. The minimum atomic E-state index is -0.694. The summed E-state index contributed by atoms with van der Waals surface area (Å²) < 4.78 is 2.09. The molecule has 1 saturated carbocycles. The number of hydrogen-bond acceptors (Lipinski definition) is 6. The third kappa shape index (κ3) is 6.24. The van der Waals surface area contributed by atoms with Crippen molar-refractivity contribution in [2.45, 2.75) is 71.8 Å². The zero-order valence-electron chi connectivity index (χ0n) is 22.9. The van der Waals surface area contributed by atoms with Gasteiger partial charge in [-0.05, 0) is 65.8 Å². The monoisotopic (exact) mass is 527 g/mol. The molecule has 0 aliphatic heterocycles. The summed E-state index contributed by atoms with van der Waals surface area (Å²) in [5.41, 5.74) is 4.22. The van der Waals surface area contributed by atoms with Gasteiger partial charge in [-0.2, -0.15) is 10.3 Å². The highest BCUT2D eigenvalue weighted by Crippen LogP contribution is 2.38. The van der Waals surface area contributed by atoms with Gasteiger partial charge in [0.2, 0.25) is 5.82 Å². The number of tetrazole rings is 1. The Bertz CT molecular complexity index is 1370. The Morgan fingerprint density at radius 2 is 1.74 bits per heavy atom. The molecule has 0 spiro atoms. The van der Waals surface area contributed by atoms with Crippen LogP contribution in [0.1, 0.15) is 76.0 Å². The first-order valence-corrected chi connectivity index (χ1v) is 14.0. The lowest BCUT2D eigenvalue weighted by Crippen LogP contribution is -2.26. The molecule has 1 aliphatic rings. The Kier molecular flexibility index (Phi) is 8.14. The van der Waals surface area contributed by atoms with Crippen LogP contribution in [0.15, 0.2) is 48.5 Å². The lowest BCUT2D eigenvalue weighted by molar-refractivity contribution is -0.143. The Morgan fingerprint density at radius 3 is 2.38 bits per heavy atom. The number of aromatic nitrogens is 7. The van der Waals surface area contributed by atoms with E-state index >= 15 is 0 Å². The Hall–Kier alpha value is -3.88. The smallest absolute Gasteiger partial charge is 0.306 e. The highest BCUT2D eigenvalue weighted by atomic mass is 16.4. The number of hydrogen-bond donors (Lipinski definition) is 2. The van der Waals surface area contributed by atoms with Crippen LogP contribution in [-0.2, 0) is 17.8 Å². The van der Waals surface area contributed by atoms with E-state index < -0.39 is 5.97 Å². The summed E-state index contributed by atoms with van der Waals surface area (Å²) >= 11 is 0. The van der Waals surface area contributed by atoms with Crippen LogP contribution in [0.5, 0.6) is 0 Å². The molecule has 1 atom stereocenters. The molecule has 2 N–H and O–H groups in total. The SMILES string of the molecule is CC(C)CCc1nc(C2CCC(C(C)C(=O)O)CC2)n(Cc2ccc(-c3ccccc3-c3nn[nH]n3)cc2)n1. The second-order valence-corrected chi connectivity index (χ2v) is 11.2. The number of aromatic amines is 1. The summed E-state index contributed by atoms with van der Waals surface area (Å²) in [4.78, 5) is 16.5. The summed E-state index contributed by atoms with van der Waals surface area (Å²) in [7, 11) is 0. The van der Waals surface area contributed by atoms with E-state index in [0.717, 1.165) is 72.4 Å². The van der Waals surface area contributed by atoms with E-state index in [2.05, 4.69) is 69.5 Å². The predicted octanol–water partition coefficient (Wildman–Crippen LogP) is 5.76. The van der Waals surface area contributed by atoms with E-state index in [4.69, 9.17) is 10.1 Å². The van der Waals surface area contributed by atoms with Crippen LogP contribution in [0, 0.1) is 17.8 Å². The average molecular weight is 528 g/mol.